The van der Waals surface area contributed by atoms with Crippen molar-refractivity contribution in [3.63, 3.8) is 0 Å². The molecule has 0 unspecified atom stereocenters. The standard InChI is InChI=1S/C13H13N3O2S/c17-16(18)11-5-3-10(4-6-11)15-12(9-1-2-9)13-14-7-8-19-13/h3-9,12,15H,1-2H2/t12-/m1/s1. The van der Waals surface area contributed by atoms with E-state index in [0.29, 0.717) is 5.92 Å². The Morgan fingerprint density at radius 2 is 2.11 bits per heavy atom. The first-order valence-electron chi connectivity index (χ1n) is 6.14. The highest BCUT2D eigenvalue weighted by atomic mass is 32.1. The van der Waals surface area contributed by atoms with E-state index in [1.54, 1.807) is 23.5 Å². The van der Waals surface area contributed by atoms with Crippen LogP contribution < -0.4 is 5.32 Å². The van der Waals surface area contributed by atoms with Gasteiger partial charge in [0.25, 0.3) is 5.69 Å². The summed E-state index contributed by atoms with van der Waals surface area (Å²) in [6, 6.07) is 6.77. The lowest BCUT2D eigenvalue weighted by Gasteiger charge is -2.17. The van der Waals surface area contributed by atoms with Gasteiger partial charge in [0.2, 0.25) is 0 Å². The normalized spacial score (nSPS) is 16.0. The van der Waals surface area contributed by atoms with Crippen LogP contribution in [0.5, 0.6) is 0 Å². The van der Waals surface area contributed by atoms with Gasteiger partial charge < -0.3 is 5.32 Å². The molecule has 1 N–H and O–H groups in total. The zero-order valence-corrected chi connectivity index (χ0v) is 11.0. The topological polar surface area (TPSA) is 68.1 Å². The van der Waals surface area contributed by atoms with E-state index in [9.17, 15) is 10.1 Å². The molecule has 0 aliphatic heterocycles. The van der Waals surface area contributed by atoms with Crippen LogP contribution in [0.1, 0.15) is 23.9 Å². The number of nitro groups is 1. The minimum atomic E-state index is -0.386. The summed E-state index contributed by atoms with van der Waals surface area (Å²) in [6.45, 7) is 0. The molecule has 0 saturated heterocycles. The molecular formula is C13H13N3O2S. The largest absolute Gasteiger partial charge is 0.376 e. The van der Waals surface area contributed by atoms with Gasteiger partial charge in [-0.25, -0.2) is 4.98 Å². The van der Waals surface area contributed by atoms with E-state index in [4.69, 9.17) is 0 Å². The molecule has 0 spiro atoms. The molecule has 1 aromatic heterocycles. The maximum Gasteiger partial charge on any atom is 0.269 e. The second kappa shape index (κ2) is 4.97. The fourth-order valence-corrected chi connectivity index (χ4v) is 2.84. The predicted molar refractivity (Wildman–Crippen MR) is 74.3 cm³/mol. The van der Waals surface area contributed by atoms with Gasteiger partial charge in [-0.3, -0.25) is 10.1 Å². The fraction of sp³-hybridized carbons (Fsp3) is 0.308. The Balaban J connectivity index is 1.77. The number of non-ortho nitro benzene ring substituents is 1. The van der Waals surface area contributed by atoms with Gasteiger partial charge in [0, 0.05) is 29.4 Å². The number of rotatable bonds is 5. The van der Waals surface area contributed by atoms with Crippen molar-refractivity contribution in [3.8, 4) is 0 Å². The molecule has 1 saturated carbocycles. The molecule has 1 fully saturated rings. The summed E-state index contributed by atoms with van der Waals surface area (Å²) >= 11 is 1.64. The molecule has 5 nitrogen and oxygen atoms in total. The van der Waals surface area contributed by atoms with Crippen molar-refractivity contribution in [1.29, 1.82) is 0 Å². The summed E-state index contributed by atoms with van der Waals surface area (Å²) in [5.74, 6) is 0.626. The molecule has 1 aliphatic carbocycles. The Morgan fingerprint density at radius 1 is 1.37 bits per heavy atom. The fourth-order valence-electron chi connectivity index (χ4n) is 2.06. The van der Waals surface area contributed by atoms with Crippen molar-refractivity contribution >= 4 is 22.7 Å². The van der Waals surface area contributed by atoms with Crippen molar-refractivity contribution in [2.75, 3.05) is 5.32 Å². The van der Waals surface area contributed by atoms with Crippen molar-refractivity contribution in [2.45, 2.75) is 18.9 Å². The van der Waals surface area contributed by atoms with Gasteiger partial charge in [-0.15, -0.1) is 11.3 Å². The highest BCUT2D eigenvalue weighted by Gasteiger charge is 2.33. The molecule has 19 heavy (non-hydrogen) atoms. The monoisotopic (exact) mass is 275 g/mol. The Labute approximate surface area is 114 Å². The first kappa shape index (κ1) is 12.1. The lowest BCUT2D eigenvalue weighted by molar-refractivity contribution is -0.384. The first-order chi connectivity index (χ1) is 9.24. The van der Waals surface area contributed by atoms with E-state index in [0.717, 1.165) is 10.7 Å². The molecule has 98 valence electrons. The van der Waals surface area contributed by atoms with Gasteiger partial charge in [0.05, 0.1) is 11.0 Å². The van der Waals surface area contributed by atoms with Crippen molar-refractivity contribution in [1.82, 2.24) is 4.98 Å². The van der Waals surface area contributed by atoms with Crippen LogP contribution in [0.3, 0.4) is 0 Å². The van der Waals surface area contributed by atoms with Gasteiger partial charge in [-0.05, 0) is 30.9 Å². The van der Waals surface area contributed by atoms with E-state index in [-0.39, 0.29) is 16.7 Å². The Kier molecular flexibility index (Phi) is 3.16. The number of hydrogen-bond donors (Lipinski definition) is 1. The van der Waals surface area contributed by atoms with Crippen LogP contribution in [0.2, 0.25) is 0 Å². The Morgan fingerprint density at radius 3 is 2.63 bits per heavy atom. The lowest BCUT2D eigenvalue weighted by Crippen LogP contribution is -2.12. The summed E-state index contributed by atoms with van der Waals surface area (Å²) in [5.41, 5.74) is 1.01. The molecule has 0 radical (unpaired) electrons. The van der Waals surface area contributed by atoms with Crippen LogP contribution in [0.15, 0.2) is 35.8 Å². The number of nitrogens with one attached hydrogen (secondary N) is 1. The molecule has 1 atom stereocenters. The molecule has 2 aromatic rings. The van der Waals surface area contributed by atoms with Gasteiger partial charge in [0.15, 0.2) is 0 Å². The van der Waals surface area contributed by atoms with E-state index < -0.39 is 0 Å². The minimum absolute atomic E-state index is 0.114. The molecule has 0 bridgehead atoms. The van der Waals surface area contributed by atoms with Crippen molar-refractivity contribution < 1.29 is 4.92 Å². The number of nitro benzene ring substituents is 1. The molecule has 6 heteroatoms. The van der Waals surface area contributed by atoms with Gasteiger partial charge in [-0.2, -0.15) is 0 Å². The zero-order chi connectivity index (χ0) is 13.2. The number of aromatic nitrogens is 1. The molecular weight excluding hydrogens is 262 g/mol. The zero-order valence-electron chi connectivity index (χ0n) is 10.2. The SMILES string of the molecule is O=[N+]([O-])c1ccc(N[C@@H](c2nccs2)C2CC2)cc1. The minimum Gasteiger partial charge on any atom is -0.376 e. The van der Waals surface area contributed by atoms with Crippen LogP contribution in [0.25, 0.3) is 0 Å². The van der Waals surface area contributed by atoms with E-state index in [2.05, 4.69) is 10.3 Å². The molecule has 1 heterocycles. The summed E-state index contributed by atoms with van der Waals surface area (Å²) in [7, 11) is 0. The predicted octanol–water partition coefficient (Wildman–Crippen LogP) is 3.61. The van der Waals surface area contributed by atoms with Gasteiger partial charge >= 0.3 is 0 Å². The Bertz CT molecular complexity index is 564. The third-order valence-electron chi connectivity index (χ3n) is 3.21. The number of nitrogens with zero attached hydrogens (tertiary/aromatic N) is 2. The van der Waals surface area contributed by atoms with Crippen LogP contribution in [-0.4, -0.2) is 9.91 Å². The first-order valence-corrected chi connectivity index (χ1v) is 7.02. The highest BCUT2D eigenvalue weighted by molar-refractivity contribution is 7.09. The second-order valence-electron chi connectivity index (χ2n) is 4.63. The van der Waals surface area contributed by atoms with Crippen LogP contribution >= 0.6 is 11.3 Å². The summed E-state index contributed by atoms with van der Waals surface area (Å²) in [4.78, 5) is 14.6. The third-order valence-corrected chi connectivity index (χ3v) is 4.07. The summed E-state index contributed by atoms with van der Waals surface area (Å²) < 4.78 is 0. The maximum atomic E-state index is 10.6. The van der Waals surface area contributed by atoms with Gasteiger partial charge in [0.1, 0.15) is 5.01 Å². The average molecular weight is 275 g/mol. The maximum absolute atomic E-state index is 10.6. The smallest absolute Gasteiger partial charge is 0.269 e. The van der Waals surface area contributed by atoms with Crippen LogP contribution in [-0.2, 0) is 0 Å². The molecule has 1 aliphatic rings. The third kappa shape index (κ3) is 2.73. The molecule has 1 aromatic carbocycles. The number of hydrogen-bond acceptors (Lipinski definition) is 5. The average Bonchev–Trinajstić information content (AvgIpc) is 3.11. The summed E-state index contributed by atoms with van der Waals surface area (Å²) in [5, 5.41) is 17.1. The highest BCUT2D eigenvalue weighted by Crippen LogP contribution is 2.43. The quantitative estimate of drug-likeness (QED) is 0.668. The number of anilines is 1. The lowest BCUT2D eigenvalue weighted by atomic mass is 10.1. The molecule has 3 rings (SSSR count). The van der Waals surface area contributed by atoms with E-state index >= 15 is 0 Å². The Hall–Kier alpha value is -1.95. The summed E-state index contributed by atoms with van der Waals surface area (Å²) in [6.07, 6.45) is 4.24. The second-order valence-corrected chi connectivity index (χ2v) is 5.56. The number of benzene rings is 1. The molecule has 0 amide bonds. The van der Waals surface area contributed by atoms with Crippen molar-refractivity contribution in [2.24, 2.45) is 5.92 Å². The van der Waals surface area contributed by atoms with Gasteiger partial charge in [-0.1, -0.05) is 0 Å². The van der Waals surface area contributed by atoms with Crippen molar-refractivity contribution in [3.05, 3.63) is 51.0 Å². The van der Waals surface area contributed by atoms with E-state index in [1.807, 2.05) is 11.6 Å². The van der Waals surface area contributed by atoms with Crippen LogP contribution in [0, 0.1) is 16.0 Å². The van der Waals surface area contributed by atoms with E-state index in [1.165, 1.54) is 25.0 Å². The van der Waals surface area contributed by atoms with Crippen LogP contribution in [0.4, 0.5) is 11.4 Å². The number of thiazole rings is 1.